The molecule has 2 aromatic rings. The largest absolute Gasteiger partial charge is 0.352 e. The van der Waals surface area contributed by atoms with Crippen molar-refractivity contribution in [1.82, 2.24) is 5.32 Å². The molecule has 0 aliphatic carbocycles. The first-order valence-electron chi connectivity index (χ1n) is 9.33. The molecule has 0 spiro atoms. The fourth-order valence-corrected chi connectivity index (χ4v) is 7.33. The molecule has 10 heteroatoms. The molecule has 158 valence electrons. The Morgan fingerprint density at radius 3 is 2.63 bits per heavy atom. The molecular weight excluding hydrogens is 465 g/mol. The van der Waals surface area contributed by atoms with Crippen LogP contribution in [0.5, 0.6) is 0 Å². The van der Waals surface area contributed by atoms with Gasteiger partial charge in [-0.25, -0.2) is 8.42 Å². The van der Waals surface area contributed by atoms with Crippen LogP contribution in [-0.4, -0.2) is 48.8 Å². The second-order valence-corrected chi connectivity index (χ2v) is 11.4. The molecular formula is C20H19Cl2N3O3S2. The lowest BCUT2D eigenvalue weighted by Crippen LogP contribution is -2.25. The van der Waals surface area contributed by atoms with E-state index in [4.69, 9.17) is 23.2 Å². The Balaban J connectivity index is 1.37. The summed E-state index contributed by atoms with van der Waals surface area (Å²) < 4.78 is 23.4. The predicted molar refractivity (Wildman–Crippen MR) is 124 cm³/mol. The summed E-state index contributed by atoms with van der Waals surface area (Å²) in [6, 6.07) is 12.3. The van der Waals surface area contributed by atoms with Crippen molar-refractivity contribution < 1.29 is 13.2 Å². The van der Waals surface area contributed by atoms with Gasteiger partial charge in [0.15, 0.2) is 15.0 Å². The van der Waals surface area contributed by atoms with E-state index < -0.39 is 9.84 Å². The minimum atomic E-state index is -3.00. The number of nitrogens with zero attached hydrogens (tertiary/aromatic N) is 1. The molecule has 2 aromatic carbocycles. The molecule has 0 saturated carbocycles. The van der Waals surface area contributed by atoms with Crippen molar-refractivity contribution in [3.8, 4) is 0 Å². The number of amides is 1. The van der Waals surface area contributed by atoms with Gasteiger partial charge in [-0.15, -0.1) is 0 Å². The number of carbonyl (C=O) groups is 1. The van der Waals surface area contributed by atoms with E-state index in [2.05, 4.69) is 15.6 Å². The van der Waals surface area contributed by atoms with E-state index in [1.807, 2.05) is 24.3 Å². The maximum Gasteiger partial charge on any atom is 0.251 e. The molecule has 1 saturated heterocycles. The Kier molecular flexibility index (Phi) is 6.29. The van der Waals surface area contributed by atoms with Crippen LogP contribution >= 0.6 is 35.0 Å². The Morgan fingerprint density at radius 2 is 1.90 bits per heavy atom. The predicted octanol–water partition coefficient (Wildman–Crippen LogP) is 3.65. The zero-order chi connectivity index (χ0) is 21.3. The SMILES string of the molecule is O=C(NCCc1ccc(Cl)cc1)c1ccc(Cl)c(NC2=NC3CS(=O)(=O)CC3S2)c1. The smallest absolute Gasteiger partial charge is 0.251 e. The number of carbonyl (C=O) groups excluding carboxylic acids is 1. The molecule has 2 atom stereocenters. The highest BCUT2D eigenvalue weighted by Crippen LogP contribution is 2.35. The van der Waals surface area contributed by atoms with Gasteiger partial charge in [0.1, 0.15) is 0 Å². The van der Waals surface area contributed by atoms with Crippen LogP contribution in [0.25, 0.3) is 0 Å². The number of amidine groups is 1. The fourth-order valence-electron chi connectivity index (χ4n) is 3.37. The van der Waals surface area contributed by atoms with Gasteiger partial charge in [-0.1, -0.05) is 47.1 Å². The summed E-state index contributed by atoms with van der Waals surface area (Å²) in [6.07, 6.45) is 0.695. The number of hydrogen-bond donors (Lipinski definition) is 2. The minimum Gasteiger partial charge on any atom is -0.352 e. The Labute approximate surface area is 189 Å². The zero-order valence-electron chi connectivity index (χ0n) is 15.8. The average molecular weight is 484 g/mol. The van der Waals surface area contributed by atoms with Gasteiger partial charge in [-0.05, 0) is 42.3 Å². The first-order chi connectivity index (χ1) is 14.3. The van der Waals surface area contributed by atoms with Gasteiger partial charge in [0, 0.05) is 22.4 Å². The number of anilines is 1. The van der Waals surface area contributed by atoms with Crippen molar-refractivity contribution >= 4 is 61.6 Å². The second-order valence-electron chi connectivity index (χ2n) is 7.19. The van der Waals surface area contributed by atoms with Crippen molar-refractivity contribution in [3.63, 3.8) is 0 Å². The molecule has 2 aliphatic heterocycles. The molecule has 0 bridgehead atoms. The summed E-state index contributed by atoms with van der Waals surface area (Å²) in [7, 11) is -3.00. The number of rotatable bonds is 5. The number of benzene rings is 2. The van der Waals surface area contributed by atoms with Gasteiger partial charge < -0.3 is 10.6 Å². The average Bonchev–Trinajstić information content (AvgIpc) is 3.17. The number of halogens is 2. The number of fused-ring (bicyclic) bond motifs is 1. The molecule has 4 rings (SSSR count). The highest BCUT2D eigenvalue weighted by atomic mass is 35.5. The lowest BCUT2D eigenvalue weighted by atomic mass is 10.1. The van der Waals surface area contributed by atoms with Gasteiger partial charge >= 0.3 is 0 Å². The van der Waals surface area contributed by atoms with E-state index in [0.717, 1.165) is 5.56 Å². The third-order valence-corrected chi connectivity index (χ3v) is 8.62. The quantitative estimate of drug-likeness (QED) is 0.677. The van der Waals surface area contributed by atoms with Gasteiger partial charge in [0.2, 0.25) is 0 Å². The zero-order valence-corrected chi connectivity index (χ0v) is 18.9. The number of aliphatic imine (C=N–C) groups is 1. The van der Waals surface area contributed by atoms with Crippen LogP contribution in [0.2, 0.25) is 10.0 Å². The Morgan fingerprint density at radius 1 is 1.13 bits per heavy atom. The summed E-state index contributed by atoms with van der Waals surface area (Å²) in [4.78, 5) is 17.0. The monoisotopic (exact) mass is 483 g/mol. The summed E-state index contributed by atoms with van der Waals surface area (Å²) in [5.41, 5.74) is 2.13. The maximum absolute atomic E-state index is 12.5. The Hall–Kier alpha value is -1.74. The maximum atomic E-state index is 12.5. The first kappa shape index (κ1) is 21.5. The molecule has 30 heavy (non-hydrogen) atoms. The standard InChI is InChI=1S/C20H19Cl2N3O3S2/c21-14-4-1-12(2-5-14)7-8-23-19(26)13-3-6-15(22)16(9-13)24-20-25-17-10-30(27,28)11-18(17)29-20/h1-6,9,17-18H,7-8,10-11H2,(H,23,26)(H,24,25). The van der Waals surface area contributed by atoms with Crippen LogP contribution in [0, 0.1) is 0 Å². The van der Waals surface area contributed by atoms with E-state index in [9.17, 15) is 13.2 Å². The van der Waals surface area contributed by atoms with Crippen LogP contribution in [0.4, 0.5) is 5.69 Å². The van der Waals surface area contributed by atoms with Gasteiger partial charge in [-0.2, -0.15) is 0 Å². The van der Waals surface area contributed by atoms with Crippen molar-refractivity contribution in [2.24, 2.45) is 4.99 Å². The molecule has 2 unspecified atom stereocenters. The summed E-state index contributed by atoms with van der Waals surface area (Å²) >= 11 is 13.6. The number of sulfone groups is 1. The normalized spacial score (nSPS) is 21.7. The lowest BCUT2D eigenvalue weighted by molar-refractivity contribution is 0.0954. The molecule has 2 N–H and O–H groups in total. The number of hydrogen-bond acceptors (Lipinski definition) is 6. The topological polar surface area (TPSA) is 87.6 Å². The molecule has 2 heterocycles. The molecule has 0 radical (unpaired) electrons. The summed E-state index contributed by atoms with van der Waals surface area (Å²) in [6.45, 7) is 0.492. The lowest BCUT2D eigenvalue weighted by Gasteiger charge is -2.11. The van der Waals surface area contributed by atoms with Crippen LogP contribution in [0.15, 0.2) is 47.5 Å². The Bertz CT molecular complexity index is 1100. The van der Waals surface area contributed by atoms with Crippen molar-refractivity contribution in [3.05, 3.63) is 63.6 Å². The highest BCUT2D eigenvalue weighted by molar-refractivity contribution is 8.15. The van der Waals surface area contributed by atoms with Crippen molar-refractivity contribution in [2.45, 2.75) is 17.7 Å². The molecule has 2 aliphatic rings. The first-order valence-corrected chi connectivity index (χ1v) is 12.8. The molecule has 0 aromatic heterocycles. The van der Waals surface area contributed by atoms with Gasteiger partial charge in [0.05, 0.1) is 28.3 Å². The van der Waals surface area contributed by atoms with E-state index in [0.29, 0.717) is 39.4 Å². The van der Waals surface area contributed by atoms with E-state index >= 15 is 0 Å². The fraction of sp³-hybridized carbons (Fsp3) is 0.300. The third kappa shape index (κ3) is 5.11. The van der Waals surface area contributed by atoms with Crippen LogP contribution in [0.1, 0.15) is 15.9 Å². The van der Waals surface area contributed by atoms with E-state index in [-0.39, 0.29) is 28.7 Å². The van der Waals surface area contributed by atoms with Crippen LogP contribution in [-0.2, 0) is 16.3 Å². The molecule has 6 nitrogen and oxygen atoms in total. The highest BCUT2D eigenvalue weighted by Gasteiger charge is 2.42. The van der Waals surface area contributed by atoms with Crippen molar-refractivity contribution in [2.75, 3.05) is 23.4 Å². The van der Waals surface area contributed by atoms with Crippen molar-refractivity contribution in [1.29, 1.82) is 0 Å². The van der Waals surface area contributed by atoms with Gasteiger partial charge in [-0.3, -0.25) is 9.79 Å². The number of nitrogens with one attached hydrogen (secondary N) is 2. The van der Waals surface area contributed by atoms with Crippen LogP contribution < -0.4 is 10.6 Å². The van der Waals surface area contributed by atoms with E-state index in [1.54, 1.807) is 18.2 Å². The minimum absolute atomic E-state index is 0.0596. The molecule has 1 fully saturated rings. The molecule has 1 amide bonds. The second kappa shape index (κ2) is 8.78. The third-order valence-electron chi connectivity index (χ3n) is 4.90. The summed E-state index contributed by atoms with van der Waals surface area (Å²) in [5, 5.41) is 7.75. The number of thioether (sulfide) groups is 1. The van der Waals surface area contributed by atoms with Crippen LogP contribution in [0.3, 0.4) is 0 Å². The summed E-state index contributed by atoms with van der Waals surface area (Å²) in [5.74, 6) is 0.0214. The van der Waals surface area contributed by atoms with Gasteiger partial charge in [0.25, 0.3) is 5.91 Å². The van der Waals surface area contributed by atoms with E-state index in [1.165, 1.54) is 11.8 Å².